The Kier molecular flexibility index (Phi) is 4.66. The lowest BCUT2D eigenvalue weighted by Gasteiger charge is -2.31. The fraction of sp³-hybridized carbons (Fsp3) is 0.556. The van der Waals surface area contributed by atoms with Crippen molar-refractivity contribution < 1.29 is 9.59 Å². The van der Waals surface area contributed by atoms with Gasteiger partial charge in [0.2, 0.25) is 11.8 Å². The third-order valence-corrected chi connectivity index (χ3v) is 5.12. The molecule has 0 radical (unpaired) electrons. The van der Waals surface area contributed by atoms with E-state index < -0.39 is 0 Å². The molecule has 2 aliphatic rings. The van der Waals surface area contributed by atoms with E-state index in [1.807, 2.05) is 23.1 Å². The van der Waals surface area contributed by atoms with Crippen LogP contribution in [0.2, 0.25) is 0 Å². The molecule has 1 saturated carbocycles. The van der Waals surface area contributed by atoms with Crippen molar-refractivity contribution in [3.8, 4) is 0 Å². The lowest BCUT2D eigenvalue weighted by Crippen LogP contribution is -2.49. The highest BCUT2D eigenvalue weighted by Gasteiger charge is 2.33. The topological polar surface area (TPSA) is 75.4 Å². The molecule has 2 amide bonds. The fourth-order valence-corrected chi connectivity index (χ4v) is 3.96. The number of anilines is 1. The summed E-state index contributed by atoms with van der Waals surface area (Å²) in [6.07, 6.45) is 4.75. The van der Waals surface area contributed by atoms with Crippen LogP contribution in [0, 0.1) is 5.92 Å². The zero-order valence-corrected chi connectivity index (χ0v) is 13.6. The number of para-hydroxylation sites is 1. The molecule has 3 atom stereocenters. The number of carbonyl (C=O) groups is 2. The van der Waals surface area contributed by atoms with E-state index in [0.29, 0.717) is 0 Å². The molecule has 3 N–H and O–H groups in total. The second kappa shape index (κ2) is 6.71. The third-order valence-electron chi connectivity index (χ3n) is 5.12. The zero-order valence-electron chi connectivity index (χ0n) is 13.6. The summed E-state index contributed by atoms with van der Waals surface area (Å²) >= 11 is 0. The SMILES string of the molecule is C[C@@H]1Cc2ccccc2N1C(=O)CN[C@H]1CCCC[C@H]1C(N)=O. The number of rotatable bonds is 4. The number of nitrogens with zero attached hydrogens (tertiary/aromatic N) is 1. The van der Waals surface area contributed by atoms with Gasteiger partial charge in [-0.1, -0.05) is 31.0 Å². The van der Waals surface area contributed by atoms with Crippen molar-refractivity contribution in [3.05, 3.63) is 29.8 Å². The van der Waals surface area contributed by atoms with Crippen molar-refractivity contribution >= 4 is 17.5 Å². The van der Waals surface area contributed by atoms with Gasteiger partial charge in [0.05, 0.1) is 12.5 Å². The molecule has 0 bridgehead atoms. The number of carbonyl (C=O) groups excluding carboxylic acids is 2. The van der Waals surface area contributed by atoms with Gasteiger partial charge in [0.25, 0.3) is 0 Å². The maximum Gasteiger partial charge on any atom is 0.241 e. The Balaban J connectivity index is 1.64. The summed E-state index contributed by atoms with van der Waals surface area (Å²) in [4.78, 5) is 26.1. The van der Waals surface area contributed by atoms with Crippen LogP contribution in [0.3, 0.4) is 0 Å². The van der Waals surface area contributed by atoms with E-state index in [0.717, 1.165) is 37.8 Å². The lowest BCUT2D eigenvalue weighted by atomic mass is 9.84. The second-order valence-corrected chi connectivity index (χ2v) is 6.73. The van der Waals surface area contributed by atoms with Crippen molar-refractivity contribution in [1.82, 2.24) is 5.32 Å². The Labute approximate surface area is 137 Å². The molecule has 1 aromatic carbocycles. The Morgan fingerprint density at radius 2 is 2.00 bits per heavy atom. The molecule has 1 aromatic rings. The molecule has 3 rings (SSSR count). The number of nitrogens with two attached hydrogens (primary N) is 1. The summed E-state index contributed by atoms with van der Waals surface area (Å²) in [5.74, 6) is -0.342. The maximum absolute atomic E-state index is 12.7. The molecule has 124 valence electrons. The van der Waals surface area contributed by atoms with E-state index in [1.165, 1.54) is 5.56 Å². The minimum atomic E-state index is -0.255. The van der Waals surface area contributed by atoms with Crippen molar-refractivity contribution in [3.63, 3.8) is 0 Å². The van der Waals surface area contributed by atoms with E-state index in [-0.39, 0.29) is 36.4 Å². The van der Waals surface area contributed by atoms with Gasteiger partial charge in [0.15, 0.2) is 0 Å². The number of hydrogen-bond donors (Lipinski definition) is 2. The third kappa shape index (κ3) is 3.24. The largest absolute Gasteiger partial charge is 0.369 e. The van der Waals surface area contributed by atoms with E-state index in [1.54, 1.807) is 0 Å². The number of hydrogen-bond acceptors (Lipinski definition) is 3. The fourth-order valence-electron chi connectivity index (χ4n) is 3.96. The van der Waals surface area contributed by atoms with Gasteiger partial charge in [-0.05, 0) is 37.8 Å². The van der Waals surface area contributed by atoms with Crippen LogP contribution >= 0.6 is 0 Å². The molecule has 1 fully saturated rings. The van der Waals surface area contributed by atoms with Gasteiger partial charge in [-0.2, -0.15) is 0 Å². The molecule has 0 saturated heterocycles. The van der Waals surface area contributed by atoms with Crippen LogP contribution in [0.15, 0.2) is 24.3 Å². The Hall–Kier alpha value is -1.88. The van der Waals surface area contributed by atoms with Gasteiger partial charge in [0.1, 0.15) is 0 Å². The van der Waals surface area contributed by atoms with Crippen LogP contribution in [0.5, 0.6) is 0 Å². The summed E-state index contributed by atoms with van der Waals surface area (Å²) in [6, 6.07) is 8.27. The van der Waals surface area contributed by atoms with E-state index in [2.05, 4.69) is 18.3 Å². The van der Waals surface area contributed by atoms with E-state index in [4.69, 9.17) is 5.73 Å². The quantitative estimate of drug-likeness (QED) is 0.886. The zero-order chi connectivity index (χ0) is 16.4. The lowest BCUT2D eigenvalue weighted by molar-refractivity contribution is -0.124. The minimum Gasteiger partial charge on any atom is -0.369 e. The van der Waals surface area contributed by atoms with Gasteiger partial charge in [-0.25, -0.2) is 0 Å². The van der Waals surface area contributed by atoms with Crippen LogP contribution in [-0.2, 0) is 16.0 Å². The molecule has 0 unspecified atom stereocenters. The molecule has 0 aromatic heterocycles. The highest BCUT2D eigenvalue weighted by atomic mass is 16.2. The predicted octanol–water partition coefficient (Wildman–Crippen LogP) is 1.60. The highest BCUT2D eigenvalue weighted by Crippen LogP contribution is 2.31. The monoisotopic (exact) mass is 315 g/mol. The first kappa shape index (κ1) is 16.0. The number of benzene rings is 1. The molecule has 5 heteroatoms. The number of amides is 2. The molecule has 1 aliphatic carbocycles. The summed E-state index contributed by atoms with van der Waals surface area (Å²) in [5.41, 5.74) is 7.74. The first-order valence-corrected chi connectivity index (χ1v) is 8.50. The molecular weight excluding hydrogens is 290 g/mol. The maximum atomic E-state index is 12.7. The number of fused-ring (bicyclic) bond motifs is 1. The van der Waals surface area contributed by atoms with E-state index in [9.17, 15) is 9.59 Å². The molecule has 1 aliphatic heterocycles. The van der Waals surface area contributed by atoms with Crippen molar-refractivity contribution in [2.45, 2.75) is 51.1 Å². The van der Waals surface area contributed by atoms with Gasteiger partial charge in [-0.15, -0.1) is 0 Å². The van der Waals surface area contributed by atoms with Gasteiger partial charge in [0, 0.05) is 17.8 Å². The van der Waals surface area contributed by atoms with Crippen LogP contribution in [0.1, 0.15) is 38.2 Å². The van der Waals surface area contributed by atoms with Gasteiger partial charge < -0.3 is 16.0 Å². The van der Waals surface area contributed by atoms with Crippen LogP contribution in [0.25, 0.3) is 0 Å². The normalized spacial score (nSPS) is 26.8. The van der Waals surface area contributed by atoms with Crippen molar-refractivity contribution in [1.29, 1.82) is 0 Å². The summed E-state index contributed by atoms with van der Waals surface area (Å²) in [7, 11) is 0. The van der Waals surface area contributed by atoms with E-state index >= 15 is 0 Å². The smallest absolute Gasteiger partial charge is 0.241 e. The summed E-state index contributed by atoms with van der Waals surface area (Å²) in [5, 5.41) is 3.29. The highest BCUT2D eigenvalue weighted by molar-refractivity contribution is 5.97. The Bertz CT molecular complexity index is 602. The van der Waals surface area contributed by atoms with Crippen molar-refractivity contribution in [2.75, 3.05) is 11.4 Å². The second-order valence-electron chi connectivity index (χ2n) is 6.73. The summed E-state index contributed by atoms with van der Waals surface area (Å²) < 4.78 is 0. The molecular formula is C18H25N3O2. The molecule has 1 heterocycles. The Morgan fingerprint density at radius 1 is 1.26 bits per heavy atom. The number of nitrogens with one attached hydrogen (secondary N) is 1. The standard InChI is InChI=1S/C18H25N3O2/c1-12-10-13-6-2-5-9-16(13)21(12)17(22)11-20-15-8-4-3-7-14(15)18(19)23/h2,5-6,9,12,14-15,20H,3-4,7-8,10-11H2,1H3,(H2,19,23)/t12-,14-,15+/m1/s1. The van der Waals surface area contributed by atoms with Crippen molar-refractivity contribution in [2.24, 2.45) is 11.7 Å². The molecule has 0 spiro atoms. The first-order chi connectivity index (χ1) is 11.1. The van der Waals surface area contributed by atoms with Crippen LogP contribution < -0.4 is 16.0 Å². The van der Waals surface area contributed by atoms with Gasteiger partial charge in [-0.3, -0.25) is 9.59 Å². The van der Waals surface area contributed by atoms with Gasteiger partial charge >= 0.3 is 0 Å². The minimum absolute atomic E-state index is 0.0263. The molecule has 23 heavy (non-hydrogen) atoms. The average molecular weight is 315 g/mol. The number of primary amides is 1. The molecule has 5 nitrogen and oxygen atoms in total. The first-order valence-electron chi connectivity index (χ1n) is 8.50. The Morgan fingerprint density at radius 3 is 2.78 bits per heavy atom. The summed E-state index contributed by atoms with van der Waals surface area (Å²) in [6.45, 7) is 2.33. The predicted molar refractivity (Wildman–Crippen MR) is 90.0 cm³/mol. The van der Waals surface area contributed by atoms with Crippen LogP contribution in [0.4, 0.5) is 5.69 Å². The average Bonchev–Trinajstić information content (AvgIpc) is 2.88. The van der Waals surface area contributed by atoms with Crippen LogP contribution in [-0.4, -0.2) is 30.4 Å².